The molecule has 2 aromatic rings. The number of ketones is 1. The zero-order valence-corrected chi connectivity index (χ0v) is 16.3. The second-order valence-corrected chi connectivity index (χ2v) is 7.62. The SMILES string of the molecule is Cc1ccc(C(=O)OCC(=O)c2ccc(CC(=O)N3CCOCC3)s2)c(O)c1. The van der Waals surface area contributed by atoms with Crippen LogP contribution in [0.2, 0.25) is 0 Å². The normalized spacial score (nSPS) is 14.0. The van der Waals surface area contributed by atoms with E-state index in [4.69, 9.17) is 9.47 Å². The zero-order valence-electron chi connectivity index (χ0n) is 15.5. The van der Waals surface area contributed by atoms with Crippen molar-refractivity contribution in [2.24, 2.45) is 0 Å². The van der Waals surface area contributed by atoms with Gasteiger partial charge in [-0.1, -0.05) is 6.07 Å². The predicted octanol–water partition coefficient (Wildman–Crippen LogP) is 2.20. The third kappa shape index (κ3) is 4.96. The van der Waals surface area contributed by atoms with Crippen LogP contribution in [0.3, 0.4) is 0 Å². The monoisotopic (exact) mass is 403 g/mol. The van der Waals surface area contributed by atoms with E-state index in [2.05, 4.69) is 0 Å². The van der Waals surface area contributed by atoms with Gasteiger partial charge in [0.25, 0.3) is 0 Å². The van der Waals surface area contributed by atoms with Crippen molar-refractivity contribution in [3.63, 3.8) is 0 Å². The topological polar surface area (TPSA) is 93.1 Å². The molecular formula is C20H21NO6S. The van der Waals surface area contributed by atoms with Crippen LogP contribution in [-0.4, -0.2) is 60.6 Å². The molecule has 8 heteroatoms. The Morgan fingerprint density at radius 3 is 2.64 bits per heavy atom. The molecule has 1 fully saturated rings. The maximum Gasteiger partial charge on any atom is 0.342 e. The molecule has 0 aliphatic carbocycles. The van der Waals surface area contributed by atoms with Gasteiger partial charge >= 0.3 is 5.97 Å². The van der Waals surface area contributed by atoms with E-state index >= 15 is 0 Å². The van der Waals surface area contributed by atoms with E-state index in [-0.39, 0.29) is 29.4 Å². The molecule has 2 heterocycles. The highest BCUT2D eigenvalue weighted by Gasteiger charge is 2.20. The second-order valence-electron chi connectivity index (χ2n) is 6.46. The van der Waals surface area contributed by atoms with Gasteiger partial charge in [0.2, 0.25) is 11.7 Å². The fourth-order valence-corrected chi connectivity index (χ4v) is 3.71. The summed E-state index contributed by atoms with van der Waals surface area (Å²) in [5.74, 6) is -1.29. The smallest absolute Gasteiger partial charge is 0.342 e. The summed E-state index contributed by atoms with van der Waals surface area (Å²) in [6.45, 7) is 3.61. The van der Waals surface area contributed by atoms with Crippen molar-refractivity contribution < 1.29 is 29.0 Å². The molecule has 0 saturated carbocycles. The number of phenols is 1. The molecule has 0 atom stereocenters. The highest BCUT2D eigenvalue weighted by molar-refractivity contribution is 7.14. The number of hydrogen-bond acceptors (Lipinski definition) is 7. The molecule has 148 valence electrons. The molecule has 3 rings (SSSR count). The zero-order chi connectivity index (χ0) is 20.1. The molecule has 0 bridgehead atoms. The third-order valence-corrected chi connectivity index (χ3v) is 5.46. The van der Waals surface area contributed by atoms with Gasteiger partial charge in [-0.05, 0) is 36.8 Å². The molecule has 1 amide bonds. The molecule has 1 N–H and O–H groups in total. The van der Waals surface area contributed by atoms with Gasteiger partial charge in [0.1, 0.15) is 11.3 Å². The van der Waals surface area contributed by atoms with Crippen molar-refractivity contribution in [2.75, 3.05) is 32.9 Å². The lowest BCUT2D eigenvalue weighted by atomic mass is 10.1. The summed E-state index contributed by atoms with van der Waals surface area (Å²) >= 11 is 1.22. The number of carbonyl (C=O) groups is 3. The highest BCUT2D eigenvalue weighted by Crippen LogP contribution is 2.21. The summed E-state index contributed by atoms with van der Waals surface area (Å²) in [6.07, 6.45) is 0.231. The van der Waals surface area contributed by atoms with Gasteiger partial charge < -0.3 is 19.5 Å². The number of morpholine rings is 1. The Balaban J connectivity index is 1.53. The lowest BCUT2D eigenvalue weighted by Crippen LogP contribution is -2.41. The highest BCUT2D eigenvalue weighted by atomic mass is 32.1. The van der Waals surface area contributed by atoms with Crippen LogP contribution in [0.5, 0.6) is 5.75 Å². The second kappa shape index (κ2) is 8.99. The lowest BCUT2D eigenvalue weighted by molar-refractivity contribution is -0.134. The fraction of sp³-hybridized carbons (Fsp3) is 0.350. The van der Waals surface area contributed by atoms with E-state index in [1.165, 1.54) is 23.5 Å². The van der Waals surface area contributed by atoms with E-state index < -0.39 is 12.6 Å². The summed E-state index contributed by atoms with van der Waals surface area (Å²) in [5.41, 5.74) is 0.823. The first-order chi connectivity index (χ1) is 13.4. The number of benzene rings is 1. The number of thiophene rings is 1. The maximum absolute atomic E-state index is 12.3. The van der Waals surface area contributed by atoms with E-state index in [1.54, 1.807) is 30.0 Å². The van der Waals surface area contributed by atoms with Gasteiger partial charge in [0.05, 0.1) is 24.5 Å². The van der Waals surface area contributed by atoms with Crippen molar-refractivity contribution in [1.82, 2.24) is 4.90 Å². The molecule has 1 saturated heterocycles. The van der Waals surface area contributed by atoms with Crippen molar-refractivity contribution in [2.45, 2.75) is 13.3 Å². The van der Waals surface area contributed by atoms with Crippen molar-refractivity contribution in [1.29, 1.82) is 0 Å². The summed E-state index contributed by atoms with van der Waals surface area (Å²) < 4.78 is 10.3. The molecule has 0 radical (unpaired) electrons. The standard InChI is InChI=1S/C20H21NO6S/c1-13-2-4-15(16(22)10-13)20(25)27-12-17(23)18-5-3-14(28-18)11-19(24)21-6-8-26-9-7-21/h2-5,10,22H,6-9,11-12H2,1H3. The first-order valence-corrected chi connectivity index (χ1v) is 9.70. The number of Topliss-reactive ketones (excluding diaryl/α,β-unsaturated/α-hetero) is 1. The van der Waals surface area contributed by atoms with E-state index in [0.29, 0.717) is 31.2 Å². The van der Waals surface area contributed by atoms with Crippen LogP contribution in [0.1, 0.15) is 30.5 Å². The summed E-state index contributed by atoms with van der Waals surface area (Å²) in [7, 11) is 0. The Bertz CT molecular complexity index is 885. The van der Waals surface area contributed by atoms with Gasteiger partial charge in [0.15, 0.2) is 6.61 Å². The number of rotatable bonds is 6. The molecule has 28 heavy (non-hydrogen) atoms. The Morgan fingerprint density at radius 1 is 1.18 bits per heavy atom. The number of hydrogen-bond donors (Lipinski definition) is 1. The van der Waals surface area contributed by atoms with Crippen LogP contribution in [0.4, 0.5) is 0 Å². The number of ether oxygens (including phenoxy) is 2. The number of aromatic hydroxyl groups is 1. The molecule has 1 aliphatic rings. The first kappa shape index (κ1) is 20.0. The van der Waals surface area contributed by atoms with Gasteiger partial charge in [-0.3, -0.25) is 9.59 Å². The van der Waals surface area contributed by atoms with Gasteiger partial charge in [0, 0.05) is 18.0 Å². The van der Waals surface area contributed by atoms with Crippen LogP contribution in [0.25, 0.3) is 0 Å². The largest absolute Gasteiger partial charge is 0.507 e. The number of esters is 1. The molecule has 0 unspecified atom stereocenters. The predicted molar refractivity (Wildman–Crippen MR) is 103 cm³/mol. The summed E-state index contributed by atoms with van der Waals surface area (Å²) in [6, 6.07) is 7.96. The van der Waals surface area contributed by atoms with E-state index in [1.807, 2.05) is 0 Å². The Kier molecular flexibility index (Phi) is 6.43. The van der Waals surface area contributed by atoms with Crippen molar-refractivity contribution >= 4 is 29.0 Å². The number of nitrogens with zero attached hydrogens (tertiary/aromatic N) is 1. The van der Waals surface area contributed by atoms with Crippen LogP contribution < -0.4 is 0 Å². The van der Waals surface area contributed by atoms with E-state index in [9.17, 15) is 19.5 Å². The Hall–Kier alpha value is -2.71. The van der Waals surface area contributed by atoms with Crippen LogP contribution in [0.15, 0.2) is 30.3 Å². The number of phenolic OH excluding ortho intramolecular Hbond substituents is 1. The molecule has 0 spiro atoms. The maximum atomic E-state index is 12.3. The average molecular weight is 403 g/mol. The molecular weight excluding hydrogens is 382 g/mol. The molecule has 1 aromatic carbocycles. The minimum absolute atomic E-state index is 0.00502. The minimum atomic E-state index is -0.759. The lowest BCUT2D eigenvalue weighted by Gasteiger charge is -2.26. The fourth-order valence-electron chi connectivity index (χ4n) is 2.79. The van der Waals surface area contributed by atoms with Crippen LogP contribution >= 0.6 is 11.3 Å². The number of amides is 1. The van der Waals surface area contributed by atoms with Gasteiger partial charge in [-0.25, -0.2) is 4.79 Å². The minimum Gasteiger partial charge on any atom is -0.507 e. The van der Waals surface area contributed by atoms with Gasteiger partial charge in [-0.15, -0.1) is 11.3 Å². The average Bonchev–Trinajstić information content (AvgIpc) is 3.15. The Morgan fingerprint density at radius 2 is 1.93 bits per heavy atom. The van der Waals surface area contributed by atoms with Crippen LogP contribution in [0, 0.1) is 6.92 Å². The quantitative estimate of drug-likeness (QED) is 0.587. The van der Waals surface area contributed by atoms with E-state index in [0.717, 1.165) is 10.4 Å². The molecule has 1 aliphatic heterocycles. The summed E-state index contributed by atoms with van der Waals surface area (Å²) in [4.78, 5) is 39.6. The summed E-state index contributed by atoms with van der Waals surface area (Å²) in [5, 5.41) is 9.81. The first-order valence-electron chi connectivity index (χ1n) is 8.88. The van der Waals surface area contributed by atoms with Crippen molar-refractivity contribution in [3.05, 3.63) is 51.2 Å². The number of aryl methyl sites for hydroxylation is 1. The van der Waals surface area contributed by atoms with Crippen LogP contribution in [-0.2, 0) is 20.7 Å². The Labute approximate surface area is 166 Å². The number of carbonyl (C=O) groups excluding carboxylic acids is 3. The van der Waals surface area contributed by atoms with Gasteiger partial charge in [-0.2, -0.15) is 0 Å². The molecule has 7 nitrogen and oxygen atoms in total. The molecule has 1 aromatic heterocycles. The van der Waals surface area contributed by atoms with Crippen molar-refractivity contribution in [3.8, 4) is 5.75 Å². The third-order valence-electron chi connectivity index (χ3n) is 4.33.